The molecule has 1 heterocycles. The van der Waals surface area contributed by atoms with E-state index in [0.717, 1.165) is 0 Å². The Hall–Kier alpha value is -3.03. The van der Waals surface area contributed by atoms with Crippen molar-refractivity contribution < 1.29 is 19.2 Å². The Kier molecular flexibility index (Phi) is 5.19. The molecule has 2 aromatic rings. The van der Waals surface area contributed by atoms with Crippen LogP contribution in [0.2, 0.25) is 0 Å². The van der Waals surface area contributed by atoms with E-state index in [1.807, 2.05) is 0 Å². The Balaban J connectivity index is 2.32. The number of carbonyl (C=O) groups excluding carboxylic acids is 2. The molecule has 0 spiro atoms. The van der Waals surface area contributed by atoms with Gasteiger partial charge >= 0.3 is 5.97 Å². The maximum Gasteiger partial charge on any atom is 0.374 e. The number of carbonyl (C=O) groups is 2. The Morgan fingerprint density at radius 1 is 1.39 bits per heavy atom. The third-order valence-corrected chi connectivity index (χ3v) is 3.19. The van der Waals surface area contributed by atoms with Gasteiger partial charge < -0.3 is 4.74 Å². The molecule has 0 saturated heterocycles. The number of hydrogen-bond acceptors (Lipinski definition) is 6. The number of benzene rings is 1. The third kappa shape index (κ3) is 4.00. The Morgan fingerprint density at radius 2 is 2.17 bits per heavy atom. The number of rotatable bonds is 7. The van der Waals surface area contributed by atoms with Crippen LogP contribution < -0.4 is 0 Å². The highest BCUT2D eigenvalue weighted by Crippen LogP contribution is 2.25. The van der Waals surface area contributed by atoms with Crippen molar-refractivity contribution in [2.75, 3.05) is 6.61 Å². The van der Waals surface area contributed by atoms with Crippen LogP contribution in [0.4, 0.5) is 5.69 Å². The number of nitrogens with zero attached hydrogens (tertiary/aromatic N) is 3. The summed E-state index contributed by atoms with van der Waals surface area (Å²) < 4.78 is 6.18. The minimum Gasteiger partial charge on any atom is -0.460 e. The molecule has 120 valence electrons. The first kappa shape index (κ1) is 16.3. The summed E-state index contributed by atoms with van der Waals surface area (Å²) in [6.45, 7) is 1.71. The van der Waals surface area contributed by atoms with Crippen LogP contribution in [0, 0.1) is 10.1 Å². The van der Waals surface area contributed by atoms with Gasteiger partial charge in [-0.15, -0.1) is 0 Å². The Morgan fingerprint density at radius 3 is 2.78 bits per heavy atom. The van der Waals surface area contributed by atoms with Crippen molar-refractivity contribution in [2.45, 2.75) is 19.4 Å². The summed E-state index contributed by atoms with van der Waals surface area (Å²) in [6.07, 6.45) is 2.96. The van der Waals surface area contributed by atoms with Crippen LogP contribution in [-0.4, -0.2) is 33.1 Å². The van der Waals surface area contributed by atoms with Crippen LogP contribution in [0.5, 0.6) is 0 Å². The van der Waals surface area contributed by atoms with Gasteiger partial charge in [0.2, 0.25) is 5.78 Å². The van der Waals surface area contributed by atoms with Crippen LogP contribution in [0.25, 0.3) is 0 Å². The number of esters is 1. The molecule has 2 rings (SSSR count). The molecule has 1 unspecified atom stereocenters. The number of ketones is 1. The lowest BCUT2D eigenvalue weighted by Gasteiger charge is -2.17. The van der Waals surface area contributed by atoms with Crippen molar-refractivity contribution in [3.05, 3.63) is 58.4 Å². The van der Waals surface area contributed by atoms with Gasteiger partial charge in [-0.25, -0.2) is 4.79 Å². The molecule has 23 heavy (non-hydrogen) atoms. The van der Waals surface area contributed by atoms with E-state index >= 15 is 0 Å². The quantitative estimate of drug-likeness (QED) is 0.334. The van der Waals surface area contributed by atoms with Gasteiger partial charge in [0.15, 0.2) is 0 Å². The van der Waals surface area contributed by atoms with E-state index < -0.39 is 22.7 Å². The topological polar surface area (TPSA) is 104 Å². The molecule has 0 aliphatic heterocycles. The molecule has 1 atom stereocenters. The first-order valence-electron chi connectivity index (χ1n) is 6.96. The molecule has 0 saturated carbocycles. The first-order valence-corrected chi connectivity index (χ1v) is 6.96. The summed E-state index contributed by atoms with van der Waals surface area (Å²) in [4.78, 5) is 33.9. The van der Waals surface area contributed by atoms with E-state index in [9.17, 15) is 19.7 Å². The summed E-state index contributed by atoms with van der Waals surface area (Å²) in [7, 11) is 0. The minimum absolute atomic E-state index is 0.0942. The molecule has 0 fully saturated rings. The van der Waals surface area contributed by atoms with Crippen molar-refractivity contribution in [1.29, 1.82) is 0 Å². The van der Waals surface area contributed by atoms with Gasteiger partial charge in [-0.1, -0.05) is 12.1 Å². The number of Topliss-reactive ketones (excluding diaryl/α,β-unsaturated/α-hetero) is 1. The van der Waals surface area contributed by atoms with Gasteiger partial charge in [0, 0.05) is 30.9 Å². The van der Waals surface area contributed by atoms with Gasteiger partial charge in [0.1, 0.15) is 0 Å². The molecule has 0 radical (unpaired) electrons. The Bertz CT molecular complexity index is 712. The highest BCUT2D eigenvalue weighted by Gasteiger charge is 2.25. The van der Waals surface area contributed by atoms with Crippen molar-refractivity contribution in [3.63, 3.8) is 0 Å². The number of hydrogen-bond donors (Lipinski definition) is 0. The summed E-state index contributed by atoms with van der Waals surface area (Å²) >= 11 is 0. The SMILES string of the molecule is CCOC(=O)C(=O)CC(c1cccc([N+](=O)[O-])c1)n1cccn1. The van der Waals surface area contributed by atoms with E-state index in [4.69, 9.17) is 4.74 Å². The smallest absolute Gasteiger partial charge is 0.374 e. The minimum atomic E-state index is -0.921. The fourth-order valence-electron chi connectivity index (χ4n) is 2.15. The first-order chi connectivity index (χ1) is 11.0. The fraction of sp³-hybridized carbons (Fsp3) is 0.267. The second-order valence-electron chi connectivity index (χ2n) is 4.70. The second kappa shape index (κ2) is 7.30. The number of aromatic nitrogens is 2. The molecule has 8 heteroatoms. The van der Waals surface area contributed by atoms with Gasteiger partial charge in [-0.05, 0) is 18.6 Å². The van der Waals surface area contributed by atoms with E-state index in [1.165, 1.54) is 29.1 Å². The normalized spacial score (nSPS) is 11.7. The molecule has 1 aromatic carbocycles. The summed E-state index contributed by atoms with van der Waals surface area (Å²) in [5.41, 5.74) is 0.420. The number of ether oxygens (including phenoxy) is 1. The van der Waals surface area contributed by atoms with Crippen molar-refractivity contribution >= 4 is 17.4 Å². The maximum absolute atomic E-state index is 12.0. The highest BCUT2D eigenvalue weighted by atomic mass is 16.6. The molecule has 0 bridgehead atoms. The van der Waals surface area contributed by atoms with E-state index in [2.05, 4.69) is 5.10 Å². The lowest BCUT2D eigenvalue weighted by Crippen LogP contribution is -2.23. The maximum atomic E-state index is 12.0. The van der Waals surface area contributed by atoms with Crippen LogP contribution in [0.1, 0.15) is 24.9 Å². The van der Waals surface area contributed by atoms with Crippen molar-refractivity contribution in [2.24, 2.45) is 0 Å². The monoisotopic (exact) mass is 317 g/mol. The molecule has 0 aliphatic rings. The van der Waals surface area contributed by atoms with Crippen LogP contribution in [0.3, 0.4) is 0 Å². The predicted octanol–water partition coefficient (Wildman–Crippen LogP) is 1.90. The van der Waals surface area contributed by atoms with E-state index in [1.54, 1.807) is 25.3 Å². The summed E-state index contributed by atoms with van der Waals surface area (Å²) in [5, 5.41) is 15.0. The molecule has 0 aliphatic carbocycles. The fourth-order valence-corrected chi connectivity index (χ4v) is 2.15. The zero-order chi connectivity index (χ0) is 16.8. The van der Waals surface area contributed by atoms with Gasteiger partial charge in [-0.2, -0.15) is 5.10 Å². The lowest BCUT2D eigenvalue weighted by molar-refractivity contribution is -0.384. The lowest BCUT2D eigenvalue weighted by atomic mass is 10.0. The summed E-state index contributed by atoms with van der Waals surface area (Å²) in [6, 6.07) is 6.94. The average molecular weight is 317 g/mol. The van der Waals surface area contributed by atoms with Crippen molar-refractivity contribution in [3.8, 4) is 0 Å². The van der Waals surface area contributed by atoms with E-state index in [0.29, 0.717) is 5.56 Å². The Labute approximate surface area is 131 Å². The largest absolute Gasteiger partial charge is 0.460 e. The van der Waals surface area contributed by atoms with E-state index in [-0.39, 0.29) is 18.7 Å². The standard InChI is InChI=1S/C15H15N3O5/c1-2-23-15(20)14(19)10-13(17-8-4-7-16-17)11-5-3-6-12(9-11)18(21)22/h3-9,13H,2,10H2,1H3. The molecular formula is C15H15N3O5. The zero-order valence-electron chi connectivity index (χ0n) is 12.4. The second-order valence-corrected chi connectivity index (χ2v) is 4.70. The molecule has 0 N–H and O–H groups in total. The number of non-ortho nitro benzene ring substituents is 1. The molecule has 8 nitrogen and oxygen atoms in total. The highest BCUT2D eigenvalue weighted by molar-refractivity contribution is 6.33. The molecular weight excluding hydrogens is 302 g/mol. The number of nitro benzene ring substituents is 1. The van der Waals surface area contributed by atoms with Crippen LogP contribution >= 0.6 is 0 Å². The van der Waals surface area contributed by atoms with Gasteiger partial charge in [0.25, 0.3) is 5.69 Å². The number of nitro groups is 1. The zero-order valence-corrected chi connectivity index (χ0v) is 12.4. The molecule has 1 aromatic heterocycles. The van der Waals surface area contributed by atoms with Crippen molar-refractivity contribution in [1.82, 2.24) is 9.78 Å². The van der Waals surface area contributed by atoms with Crippen LogP contribution in [0.15, 0.2) is 42.7 Å². The van der Waals surface area contributed by atoms with Gasteiger partial charge in [0.05, 0.1) is 17.6 Å². The van der Waals surface area contributed by atoms with Gasteiger partial charge in [-0.3, -0.25) is 19.6 Å². The average Bonchev–Trinajstić information content (AvgIpc) is 3.06. The molecule has 0 amide bonds. The van der Waals surface area contributed by atoms with Crippen LogP contribution in [-0.2, 0) is 14.3 Å². The third-order valence-electron chi connectivity index (χ3n) is 3.19. The predicted molar refractivity (Wildman–Crippen MR) is 79.7 cm³/mol. The summed E-state index contributed by atoms with van der Waals surface area (Å²) in [5.74, 6) is -1.63.